The first-order chi connectivity index (χ1) is 14.8. The van der Waals surface area contributed by atoms with Crippen LogP contribution in [0, 0.1) is 0 Å². The number of benzene rings is 2. The Morgan fingerprint density at radius 2 is 2.00 bits per heavy atom. The van der Waals surface area contributed by atoms with Crippen molar-refractivity contribution >= 4 is 40.2 Å². The predicted molar refractivity (Wildman–Crippen MR) is 127 cm³/mol. The fraction of sp³-hybridized carbons (Fsp3) is 0.375. The van der Waals surface area contributed by atoms with Crippen molar-refractivity contribution < 1.29 is 4.79 Å². The first-order valence-electron chi connectivity index (χ1n) is 10.6. The van der Waals surface area contributed by atoms with Crippen molar-refractivity contribution in [2.24, 2.45) is 0 Å². The van der Waals surface area contributed by atoms with E-state index in [-0.39, 0.29) is 23.6 Å². The number of amides is 1. The Hall–Kier alpha value is -2.31. The Bertz CT molecular complexity index is 1190. The number of hydrogen-bond donors (Lipinski definition) is 1. The molecule has 0 saturated carbocycles. The summed E-state index contributed by atoms with van der Waals surface area (Å²) in [5, 5.41) is 4.39. The molecule has 31 heavy (non-hydrogen) atoms. The second kappa shape index (κ2) is 9.05. The highest BCUT2D eigenvalue weighted by Crippen LogP contribution is 2.31. The number of aromatic nitrogens is 2. The quantitative estimate of drug-likeness (QED) is 0.418. The number of halogens is 1. The van der Waals surface area contributed by atoms with Gasteiger partial charge in [-0.25, -0.2) is 4.98 Å². The Morgan fingerprint density at radius 3 is 2.77 bits per heavy atom. The minimum Gasteiger partial charge on any atom is -0.348 e. The number of carbonyl (C=O) groups excluding carboxylic acids is 1. The van der Waals surface area contributed by atoms with Crippen molar-refractivity contribution in [1.29, 1.82) is 0 Å². The molecule has 1 heterocycles. The van der Waals surface area contributed by atoms with E-state index < -0.39 is 5.25 Å². The monoisotopic (exact) mass is 455 g/mol. The minimum atomic E-state index is -0.400. The molecule has 5 nitrogen and oxygen atoms in total. The molecule has 2 aromatic carbocycles. The van der Waals surface area contributed by atoms with E-state index in [0.29, 0.717) is 21.1 Å². The van der Waals surface area contributed by atoms with Gasteiger partial charge in [0.1, 0.15) is 0 Å². The van der Waals surface area contributed by atoms with Gasteiger partial charge in [-0.2, -0.15) is 0 Å². The van der Waals surface area contributed by atoms with Gasteiger partial charge in [-0.3, -0.25) is 14.2 Å². The van der Waals surface area contributed by atoms with Crippen LogP contribution in [0.4, 0.5) is 0 Å². The van der Waals surface area contributed by atoms with Gasteiger partial charge < -0.3 is 5.32 Å². The van der Waals surface area contributed by atoms with Gasteiger partial charge in [0.2, 0.25) is 5.91 Å². The molecule has 0 bridgehead atoms. The second-order valence-electron chi connectivity index (χ2n) is 8.24. The van der Waals surface area contributed by atoms with Gasteiger partial charge >= 0.3 is 0 Å². The van der Waals surface area contributed by atoms with Crippen LogP contribution in [-0.4, -0.2) is 20.7 Å². The van der Waals surface area contributed by atoms with Crippen LogP contribution >= 0.6 is 23.4 Å². The Morgan fingerprint density at radius 1 is 1.23 bits per heavy atom. The molecule has 3 aromatic rings. The number of fused-ring (bicyclic) bond motifs is 2. The van der Waals surface area contributed by atoms with E-state index in [4.69, 9.17) is 11.6 Å². The Kier molecular flexibility index (Phi) is 6.39. The maximum Gasteiger partial charge on any atom is 0.262 e. The summed E-state index contributed by atoms with van der Waals surface area (Å²) in [5.74, 6) is -0.0533. The topological polar surface area (TPSA) is 64.0 Å². The zero-order valence-electron chi connectivity index (χ0n) is 17.9. The van der Waals surface area contributed by atoms with Crippen LogP contribution in [0.15, 0.2) is 52.4 Å². The van der Waals surface area contributed by atoms with Crippen molar-refractivity contribution in [1.82, 2.24) is 14.9 Å². The largest absolute Gasteiger partial charge is 0.348 e. The standard InChI is InChI=1S/C24H26ClN3O2S/c1-14(2)28-23(30)19-12-11-17(25)13-21(19)27-24(28)31-15(3)22(29)26-20-10-6-8-16-7-4-5-9-18(16)20/h4-5,7,9,11-15,20H,6,8,10H2,1-3H3,(H,26,29). The van der Waals surface area contributed by atoms with E-state index in [2.05, 4.69) is 22.4 Å². The van der Waals surface area contributed by atoms with Crippen molar-refractivity contribution in [2.75, 3.05) is 0 Å². The molecule has 162 valence electrons. The first-order valence-corrected chi connectivity index (χ1v) is 11.9. The van der Waals surface area contributed by atoms with E-state index in [9.17, 15) is 9.59 Å². The molecule has 4 rings (SSSR count). The predicted octanol–water partition coefficient (Wildman–Crippen LogP) is 5.31. The molecule has 1 aromatic heterocycles. The number of hydrogen-bond acceptors (Lipinski definition) is 4. The molecule has 1 aliphatic carbocycles. The number of nitrogens with one attached hydrogen (secondary N) is 1. The molecule has 0 saturated heterocycles. The summed E-state index contributed by atoms with van der Waals surface area (Å²) in [7, 11) is 0. The third kappa shape index (κ3) is 4.51. The summed E-state index contributed by atoms with van der Waals surface area (Å²) in [6, 6.07) is 13.3. The van der Waals surface area contributed by atoms with Crippen LogP contribution < -0.4 is 10.9 Å². The summed E-state index contributed by atoms with van der Waals surface area (Å²) >= 11 is 7.42. The van der Waals surface area contributed by atoms with Gasteiger partial charge in [-0.05, 0) is 69.4 Å². The normalized spacial score (nSPS) is 16.9. The van der Waals surface area contributed by atoms with E-state index in [1.807, 2.05) is 32.9 Å². The maximum absolute atomic E-state index is 13.1. The van der Waals surface area contributed by atoms with Crippen LogP contribution in [0.25, 0.3) is 10.9 Å². The van der Waals surface area contributed by atoms with E-state index in [1.54, 1.807) is 22.8 Å². The Labute approximate surface area is 191 Å². The minimum absolute atomic E-state index is 0.0242. The fourth-order valence-electron chi connectivity index (χ4n) is 4.09. The lowest BCUT2D eigenvalue weighted by molar-refractivity contribution is -0.121. The number of rotatable bonds is 5. The second-order valence-corrected chi connectivity index (χ2v) is 9.98. The molecule has 0 radical (unpaired) electrons. The van der Waals surface area contributed by atoms with Gasteiger partial charge in [0.05, 0.1) is 22.2 Å². The zero-order valence-corrected chi connectivity index (χ0v) is 19.5. The highest BCUT2D eigenvalue weighted by molar-refractivity contribution is 8.00. The van der Waals surface area contributed by atoms with Crippen LogP contribution in [0.3, 0.4) is 0 Å². The highest BCUT2D eigenvalue weighted by atomic mass is 35.5. The zero-order chi connectivity index (χ0) is 22.1. The van der Waals surface area contributed by atoms with E-state index in [0.717, 1.165) is 19.3 Å². The average Bonchev–Trinajstić information content (AvgIpc) is 2.73. The molecule has 0 fully saturated rings. The molecule has 2 unspecified atom stereocenters. The van der Waals surface area contributed by atoms with E-state index >= 15 is 0 Å². The number of aryl methyl sites for hydroxylation is 1. The van der Waals surface area contributed by atoms with Gasteiger partial charge in [0.25, 0.3) is 5.56 Å². The maximum atomic E-state index is 13.1. The lowest BCUT2D eigenvalue weighted by atomic mass is 9.88. The molecule has 1 aliphatic rings. The summed E-state index contributed by atoms with van der Waals surface area (Å²) in [4.78, 5) is 30.8. The average molecular weight is 456 g/mol. The van der Waals surface area contributed by atoms with Crippen molar-refractivity contribution in [2.45, 2.75) is 62.5 Å². The van der Waals surface area contributed by atoms with Gasteiger partial charge in [-0.15, -0.1) is 0 Å². The summed E-state index contributed by atoms with van der Waals surface area (Å²) in [6.07, 6.45) is 3.05. The van der Waals surface area contributed by atoms with Crippen molar-refractivity contribution in [3.8, 4) is 0 Å². The van der Waals surface area contributed by atoms with Crippen LogP contribution in [0.5, 0.6) is 0 Å². The van der Waals surface area contributed by atoms with Crippen LogP contribution in [0.1, 0.15) is 56.8 Å². The highest BCUT2D eigenvalue weighted by Gasteiger charge is 2.25. The smallest absolute Gasteiger partial charge is 0.262 e. The SMILES string of the molecule is CC(Sc1nc2cc(Cl)ccc2c(=O)n1C(C)C)C(=O)NC1CCCc2ccccc21. The molecular formula is C24H26ClN3O2S. The number of thioether (sulfide) groups is 1. The van der Waals surface area contributed by atoms with E-state index in [1.165, 1.54) is 22.9 Å². The van der Waals surface area contributed by atoms with Crippen LogP contribution in [0.2, 0.25) is 5.02 Å². The lowest BCUT2D eigenvalue weighted by Gasteiger charge is -2.27. The van der Waals surface area contributed by atoms with Crippen LogP contribution in [-0.2, 0) is 11.2 Å². The van der Waals surface area contributed by atoms with Gasteiger partial charge in [0, 0.05) is 11.1 Å². The van der Waals surface area contributed by atoms with Gasteiger partial charge in [-0.1, -0.05) is 47.6 Å². The molecular weight excluding hydrogens is 430 g/mol. The number of carbonyl (C=O) groups is 1. The fourth-order valence-corrected chi connectivity index (χ4v) is 5.31. The first kappa shape index (κ1) is 21.9. The molecule has 0 spiro atoms. The van der Waals surface area contributed by atoms with Gasteiger partial charge in [0.15, 0.2) is 5.16 Å². The third-order valence-corrected chi connectivity index (χ3v) is 6.99. The summed E-state index contributed by atoms with van der Waals surface area (Å²) in [5.41, 5.74) is 2.94. The lowest BCUT2D eigenvalue weighted by Crippen LogP contribution is -2.36. The molecule has 0 aliphatic heterocycles. The molecule has 2 atom stereocenters. The molecule has 7 heteroatoms. The molecule has 1 N–H and O–H groups in total. The van der Waals surface area contributed by atoms with Crippen molar-refractivity contribution in [3.63, 3.8) is 0 Å². The Balaban J connectivity index is 1.59. The third-order valence-electron chi connectivity index (χ3n) is 5.68. The number of nitrogens with zero attached hydrogens (tertiary/aromatic N) is 2. The van der Waals surface area contributed by atoms with Crippen molar-refractivity contribution in [3.05, 3.63) is 69.0 Å². The summed E-state index contributed by atoms with van der Waals surface area (Å²) in [6.45, 7) is 5.74. The summed E-state index contributed by atoms with van der Waals surface area (Å²) < 4.78 is 1.65. The molecule has 1 amide bonds.